The van der Waals surface area contributed by atoms with E-state index in [1.54, 1.807) is 4.90 Å². The van der Waals surface area contributed by atoms with Gasteiger partial charge in [-0.15, -0.1) is 0 Å². The number of amides is 2. The molecule has 1 atom stereocenters. The molecular formula is C15H19BrN2O3. The fourth-order valence-electron chi connectivity index (χ4n) is 2.66. The second-order valence-electron chi connectivity index (χ2n) is 5.47. The van der Waals surface area contributed by atoms with E-state index in [1.807, 2.05) is 26.0 Å². The second kappa shape index (κ2) is 6.47. The number of nitrogens with one attached hydrogen (secondary N) is 1. The van der Waals surface area contributed by atoms with Crippen LogP contribution in [0, 0.1) is 19.8 Å². The summed E-state index contributed by atoms with van der Waals surface area (Å²) in [7, 11) is 0. The quantitative estimate of drug-likeness (QED) is 0.854. The molecule has 0 saturated carbocycles. The zero-order valence-corrected chi connectivity index (χ0v) is 13.7. The first kappa shape index (κ1) is 15.8. The SMILES string of the molecule is Cc1cc(Br)cc(C)c1NC(=O)N1CCC[C@H](C(=O)O)C1. The van der Waals surface area contributed by atoms with Crippen molar-refractivity contribution in [1.82, 2.24) is 4.90 Å². The number of carbonyl (C=O) groups excluding carboxylic acids is 1. The Morgan fingerprint density at radius 3 is 2.52 bits per heavy atom. The number of nitrogens with zero attached hydrogens (tertiary/aromatic N) is 1. The van der Waals surface area contributed by atoms with Crippen molar-refractivity contribution in [2.24, 2.45) is 5.92 Å². The molecule has 2 rings (SSSR count). The zero-order chi connectivity index (χ0) is 15.6. The Balaban J connectivity index is 2.10. The Morgan fingerprint density at radius 2 is 1.95 bits per heavy atom. The number of rotatable bonds is 2. The van der Waals surface area contributed by atoms with Gasteiger partial charge in [-0.05, 0) is 49.9 Å². The van der Waals surface area contributed by atoms with E-state index in [4.69, 9.17) is 5.11 Å². The number of anilines is 1. The molecule has 1 aromatic carbocycles. The number of hydrogen-bond donors (Lipinski definition) is 2. The normalized spacial score (nSPS) is 18.4. The minimum Gasteiger partial charge on any atom is -0.481 e. The Bertz CT molecular complexity index is 551. The zero-order valence-electron chi connectivity index (χ0n) is 12.1. The van der Waals surface area contributed by atoms with Crippen LogP contribution in [0.5, 0.6) is 0 Å². The number of urea groups is 1. The number of carboxylic acids is 1. The second-order valence-corrected chi connectivity index (χ2v) is 6.38. The van der Waals surface area contributed by atoms with Gasteiger partial charge in [-0.2, -0.15) is 0 Å². The lowest BCUT2D eigenvalue weighted by Gasteiger charge is -2.31. The van der Waals surface area contributed by atoms with E-state index in [1.165, 1.54) is 0 Å². The number of likely N-dealkylation sites (tertiary alicyclic amines) is 1. The number of hydrogen-bond acceptors (Lipinski definition) is 2. The summed E-state index contributed by atoms with van der Waals surface area (Å²) in [5.74, 6) is -1.29. The average molecular weight is 355 g/mol. The van der Waals surface area contributed by atoms with Gasteiger partial charge in [-0.1, -0.05) is 15.9 Å². The molecule has 1 saturated heterocycles. The lowest BCUT2D eigenvalue weighted by molar-refractivity contribution is -0.143. The lowest BCUT2D eigenvalue weighted by atomic mass is 9.99. The fourth-order valence-corrected chi connectivity index (χ4v) is 3.34. The van der Waals surface area contributed by atoms with Gasteiger partial charge in [0.25, 0.3) is 0 Å². The maximum absolute atomic E-state index is 12.3. The van der Waals surface area contributed by atoms with Gasteiger partial charge >= 0.3 is 12.0 Å². The van der Waals surface area contributed by atoms with Gasteiger partial charge in [0, 0.05) is 23.2 Å². The van der Waals surface area contributed by atoms with Crippen molar-refractivity contribution in [3.05, 3.63) is 27.7 Å². The molecule has 0 spiro atoms. The third-order valence-electron chi connectivity index (χ3n) is 3.79. The van der Waals surface area contributed by atoms with Crippen LogP contribution in [0.1, 0.15) is 24.0 Å². The molecule has 2 amide bonds. The molecular weight excluding hydrogens is 336 g/mol. The number of carboxylic acid groups (broad SMARTS) is 1. The fraction of sp³-hybridized carbons (Fsp3) is 0.467. The molecule has 1 aliphatic rings. The lowest BCUT2D eigenvalue weighted by Crippen LogP contribution is -2.44. The maximum Gasteiger partial charge on any atom is 0.321 e. The molecule has 21 heavy (non-hydrogen) atoms. The summed E-state index contributed by atoms with van der Waals surface area (Å²) in [5.41, 5.74) is 2.74. The minimum absolute atomic E-state index is 0.227. The first-order valence-electron chi connectivity index (χ1n) is 6.94. The third-order valence-corrected chi connectivity index (χ3v) is 4.25. The monoisotopic (exact) mass is 354 g/mol. The van der Waals surface area contributed by atoms with Crippen molar-refractivity contribution < 1.29 is 14.7 Å². The van der Waals surface area contributed by atoms with E-state index in [-0.39, 0.29) is 12.6 Å². The summed E-state index contributed by atoms with van der Waals surface area (Å²) in [6.45, 7) is 4.74. The van der Waals surface area contributed by atoms with Crippen LogP contribution in [-0.2, 0) is 4.79 Å². The molecule has 0 aliphatic carbocycles. The van der Waals surface area contributed by atoms with E-state index in [0.29, 0.717) is 13.0 Å². The van der Waals surface area contributed by atoms with Crippen LogP contribution in [0.15, 0.2) is 16.6 Å². The number of aryl methyl sites for hydroxylation is 2. The number of aliphatic carboxylic acids is 1. The summed E-state index contributed by atoms with van der Waals surface area (Å²) in [6.07, 6.45) is 1.36. The summed E-state index contributed by atoms with van der Waals surface area (Å²) in [5, 5.41) is 12.0. The topological polar surface area (TPSA) is 69.6 Å². The van der Waals surface area contributed by atoms with Crippen molar-refractivity contribution in [3.8, 4) is 0 Å². The molecule has 114 valence electrons. The molecule has 1 heterocycles. The van der Waals surface area contributed by atoms with Crippen LogP contribution in [0.4, 0.5) is 10.5 Å². The van der Waals surface area contributed by atoms with Crippen LogP contribution in [0.3, 0.4) is 0 Å². The molecule has 0 aromatic heterocycles. The van der Waals surface area contributed by atoms with Crippen LogP contribution in [0.25, 0.3) is 0 Å². The molecule has 1 aromatic rings. The molecule has 6 heteroatoms. The summed E-state index contributed by atoms with van der Waals surface area (Å²) in [6, 6.07) is 3.66. The maximum atomic E-state index is 12.3. The largest absolute Gasteiger partial charge is 0.481 e. The van der Waals surface area contributed by atoms with Gasteiger partial charge in [-0.25, -0.2) is 4.79 Å². The van der Waals surface area contributed by atoms with Crippen LogP contribution in [-0.4, -0.2) is 35.1 Å². The predicted octanol–water partition coefficient (Wildman–Crippen LogP) is 3.39. The summed E-state index contributed by atoms with van der Waals surface area (Å²) < 4.78 is 0.972. The van der Waals surface area contributed by atoms with Crippen LogP contribution >= 0.6 is 15.9 Å². The molecule has 1 aliphatic heterocycles. The summed E-state index contributed by atoms with van der Waals surface area (Å²) in [4.78, 5) is 25.0. The van der Waals surface area contributed by atoms with Crippen molar-refractivity contribution >= 4 is 33.6 Å². The number of piperidine rings is 1. The summed E-state index contributed by atoms with van der Waals surface area (Å²) >= 11 is 3.43. The van der Waals surface area contributed by atoms with Gasteiger partial charge < -0.3 is 15.3 Å². The molecule has 1 fully saturated rings. The first-order valence-corrected chi connectivity index (χ1v) is 7.73. The number of benzene rings is 1. The number of halogens is 1. The molecule has 5 nitrogen and oxygen atoms in total. The molecule has 2 N–H and O–H groups in total. The van der Waals surface area contributed by atoms with Crippen molar-refractivity contribution in [1.29, 1.82) is 0 Å². The average Bonchev–Trinajstić information content (AvgIpc) is 2.42. The van der Waals surface area contributed by atoms with Gasteiger partial charge in [0.2, 0.25) is 0 Å². The predicted molar refractivity (Wildman–Crippen MR) is 84.6 cm³/mol. The minimum atomic E-state index is -0.830. The Morgan fingerprint density at radius 1 is 1.33 bits per heavy atom. The van der Waals surface area contributed by atoms with E-state index < -0.39 is 11.9 Å². The van der Waals surface area contributed by atoms with Gasteiger partial charge in [0.15, 0.2) is 0 Å². The Labute approximate surface area is 132 Å². The van der Waals surface area contributed by atoms with E-state index >= 15 is 0 Å². The Hall–Kier alpha value is -1.56. The first-order chi connectivity index (χ1) is 9.88. The number of carbonyl (C=O) groups is 2. The van der Waals surface area contributed by atoms with Gasteiger partial charge in [0.1, 0.15) is 0 Å². The highest BCUT2D eigenvalue weighted by atomic mass is 79.9. The van der Waals surface area contributed by atoms with Crippen molar-refractivity contribution in [3.63, 3.8) is 0 Å². The molecule has 0 bridgehead atoms. The highest BCUT2D eigenvalue weighted by molar-refractivity contribution is 9.10. The van der Waals surface area contributed by atoms with E-state index in [2.05, 4.69) is 21.2 Å². The Kier molecular flexibility index (Phi) is 4.88. The van der Waals surface area contributed by atoms with Crippen molar-refractivity contribution in [2.75, 3.05) is 18.4 Å². The standard InChI is InChI=1S/C15H19BrN2O3/c1-9-6-12(16)7-10(2)13(9)17-15(21)18-5-3-4-11(8-18)14(19)20/h6-7,11H,3-5,8H2,1-2H3,(H,17,21)(H,19,20)/t11-/m0/s1. The molecule has 0 radical (unpaired) electrons. The third kappa shape index (κ3) is 3.75. The van der Waals surface area contributed by atoms with Gasteiger partial charge in [-0.3, -0.25) is 4.79 Å². The van der Waals surface area contributed by atoms with Crippen LogP contribution < -0.4 is 5.32 Å². The molecule has 0 unspecified atom stereocenters. The smallest absolute Gasteiger partial charge is 0.321 e. The van der Waals surface area contributed by atoms with Gasteiger partial charge in [0.05, 0.1) is 5.92 Å². The van der Waals surface area contributed by atoms with Crippen molar-refractivity contribution in [2.45, 2.75) is 26.7 Å². The van der Waals surface area contributed by atoms with Crippen LogP contribution in [0.2, 0.25) is 0 Å². The highest BCUT2D eigenvalue weighted by Gasteiger charge is 2.28. The highest BCUT2D eigenvalue weighted by Crippen LogP contribution is 2.26. The van der Waals surface area contributed by atoms with E-state index in [0.717, 1.165) is 27.7 Å². The van der Waals surface area contributed by atoms with E-state index in [9.17, 15) is 9.59 Å².